The van der Waals surface area contributed by atoms with Crippen molar-refractivity contribution >= 4 is 29.2 Å². The second-order valence-corrected chi connectivity index (χ2v) is 5.05. The lowest BCUT2D eigenvalue weighted by Gasteiger charge is -2.25. The molecule has 1 unspecified atom stereocenters. The molecular formula is C13H13Cl2F3O2. The van der Waals surface area contributed by atoms with E-state index < -0.39 is 24.0 Å². The van der Waals surface area contributed by atoms with Gasteiger partial charge in [-0.05, 0) is 24.6 Å². The maximum absolute atomic E-state index is 12.9. The van der Waals surface area contributed by atoms with E-state index in [2.05, 4.69) is 0 Å². The molecule has 0 N–H and O–H groups in total. The van der Waals surface area contributed by atoms with E-state index in [1.165, 1.54) is 25.1 Å². The van der Waals surface area contributed by atoms with Crippen molar-refractivity contribution in [2.24, 2.45) is 5.92 Å². The number of carbonyl (C=O) groups excluding carboxylic acids is 1. The summed E-state index contributed by atoms with van der Waals surface area (Å²) in [6.07, 6.45) is -4.52. The van der Waals surface area contributed by atoms with E-state index in [0.29, 0.717) is 0 Å². The Morgan fingerprint density at radius 3 is 2.35 bits per heavy atom. The number of alkyl halides is 3. The minimum Gasteiger partial charge on any atom is -0.466 e. The first-order valence-corrected chi connectivity index (χ1v) is 6.62. The molecule has 0 saturated carbocycles. The van der Waals surface area contributed by atoms with Gasteiger partial charge in [0.15, 0.2) is 0 Å². The fourth-order valence-electron chi connectivity index (χ4n) is 1.76. The van der Waals surface area contributed by atoms with Crippen molar-refractivity contribution in [1.82, 2.24) is 0 Å². The first-order chi connectivity index (χ1) is 9.18. The van der Waals surface area contributed by atoms with Crippen LogP contribution in [0.3, 0.4) is 0 Å². The minimum absolute atomic E-state index is 0.00122. The molecule has 0 amide bonds. The number of carbonyl (C=O) groups is 1. The van der Waals surface area contributed by atoms with Crippen LogP contribution < -0.4 is 0 Å². The normalized spacial score (nSPS) is 14.8. The molecule has 2 nitrogen and oxygen atoms in total. The first kappa shape index (κ1) is 17.1. The predicted molar refractivity (Wildman–Crippen MR) is 71.1 cm³/mol. The van der Waals surface area contributed by atoms with Crippen molar-refractivity contribution in [3.05, 3.63) is 33.8 Å². The van der Waals surface area contributed by atoms with Gasteiger partial charge in [-0.3, -0.25) is 4.79 Å². The lowest BCUT2D eigenvalue weighted by Crippen LogP contribution is -2.32. The summed E-state index contributed by atoms with van der Waals surface area (Å²) < 4.78 is 43.4. The van der Waals surface area contributed by atoms with Crippen molar-refractivity contribution in [2.75, 3.05) is 6.61 Å². The number of ether oxygens (including phenoxy) is 1. The third kappa shape index (κ3) is 4.03. The van der Waals surface area contributed by atoms with Crippen molar-refractivity contribution in [1.29, 1.82) is 0 Å². The summed E-state index contributed by atoms with van der Waals surface area (Å²) in [4.78, 5) is 11.8. The van der Waals surface area contributed by atoms with Crippen LogP contribution >= 0.6 is 23.2 Å². The zero-order chi connectivity index (χ0) is 15.5. The average molecular weight is 329 g/mol. The lowest BCUT2D eigenvalue weighted by molar-refractivity contribution is -0.185. The molecule has 7 heteroatoms. The van der Waals surface area contributed by atoms with Crippen LogP contribution in [-0.4, -0.2) is 18.8 Å². The number of benzene rings is 1. The van der Waals surface area contributed by atoms with Crippen LogP contribution in [0.1, 0.15) is 25.3 Å². The molecule has 0 saturated heterocycles. The summed E-state index contributed by atoms with van der Waals surface area (Å²) in [5.74, 6) is -4.29. The maximum Gasteiger partial charge on any atom is 0.392 e. The average Bonchev–Trinajstić information content (AvgIpc) is 2.33. The highest BCUT2D eigenvalue weighted by Gasteiger charge is 2.45. The highest BCUT2D eigenvalue weighted by atomic mass is 35.5. The molecule has 1 rings (SSSR count). The molecule has 0 bridgehead atoms. The Labute approximate surface area is 124 Å². The van der Waals surface area contributed by atoms with Crippen LogP contribution in [0.4, 0.5) is 13.2 Å². The van der Waals surface area contributed by atoms with Gasteiger partial charge in [0, 0.05) is 0 Å². The fraction of sp³-hybridized carbons (Fsp3) is 0.462. The molecule has 1 aromatic rings. The second-order valence-electron chi connectivity index (χ2n) is 4.23. The number of esters is 1. The zero-order valence-electron chi connectivity index (χ0n) is 10.8. The Kier molecular flexibility index (Phi) is 5.71. The summed E-state index contributed by atoms with van der Waals surface area (Å²) in [6.45, 7) is 2.47. The Morgan fingerprint density at radius 2 is 1.90 bits per heavy atom. The molecular weight excluding hydrogens is 316 g/mol. The monoisotopic (exact) mass is 328 g/mol. The summed E-state index contributed by atoms with van der Waals surface area (Å²) in [6, 6.07) is 3.96. The van der Waals surface area contributed by atoms with Gasteiger partial charge in [0.25, 0.3) is 0 Å². The van der Waals surface area contributed by atoms with Gasteiger partial charge in [-0.15, -0.1) is 0 Å². The van der Waals surface area contributed by atoms with Crippen LogP contribution in [0.2, 0.25) is 10.0 Å². The molecule has 112 valence electrons. The van der Waals surface area contributed by atoms with Gasteiger partial charge in [0.2, 0.25) is 0 Å². The zero-order valence-corrected chi connectivity index (χ0v) is 12.3. The van der Waals surface area contributed by atoms with Gasteiger partial charge < -0.3 is 4.74 Å². The third-order valence-corrected chi connectivity index (χ3v) is 3.60. The van der Waals surface area contributed by atoms with Crippen LogP contribution in [0, 0.1) is 5.92 Å². The molecule has 0 fully saturated rings. The van der Waals surface area contributed by atoms with E-state index in [4.69, 9.17) is 27.9 Å². The van der Waals surface area contributed by atoms with E-state index in [0.717, 1.165) is 6.92 Å². The smallest absolute Gasteiger partial charge is 0.392 e. The first-order valence-electron chi connectivity index (χ1n) is 5.86. The Bertz CT molecular complexity index is 489. The second kappa shape index (κ2) is 6.68. The van der Waals surface area contributed by atoms with Gasteiger partial charge >= 0.3 is 12.1 Å². The van der Waals surface area contributed by atoms with Crippen molar-refractivity contribution in [2.45, 2.75) is 25.9 Å². The standard InChI is InChI=1S/C13H13Cl2F3O2/c1-3-20-12(19)11(7(2)13(16,17)18)8-4-5-9(14)10(15)6-8/h4-7,11H,3H2,1-2H3/t7-,11?/m1/s1. The Morgan fingerprint density at radius 1 is 1.30 bits per heavy atom. The lowest BCUT2D eigenvalue weighted by atomic mass is 9.86. The fourth-order valence-corrected chi connectivity index (χ4v) is 2.06. The van der Waals surface area contributed by atoms with Gasteiger partial charge in [-0.25, -0.2) is 0 Å². The number of hydrogen-bond acceptors (Lipinski definition) is 2. The van der Waals surface area contributed by atoms with Gasteiger partial charge in [0.05, 0.1) is 28.5 Å². The van der Waals surface area contributed by atoms with Crippen molar-refractivity contribution < 1.29 is 22.7 Å². The highest BCUT2D eigenvalue weighted by Crippen LogP contribution is 2.39. The Balaban J connectivity index is 3.22. The molecule has 1 aromatic carbocycles. The summed E-state index contributed by atoms with van der Waals surface area (Å²) >= 11 is 11.5. The van der Waals surface area contributed by atoms with E-state index >= 15 is 0 Å². The molecule has 2 atom stereocenters. The molecule has 0 radical (unpaired) electrons. The third-order valence-electron chi connectivity index (χ3n) is 2.86. The quantitative estimate of drug-likeness (QED) is 0.739. The minimum atomic E-state index is -4.52. The van der Waals surface area contributed by atoms with E-state index in [-0.39, 0.29) is 22.2 Å². The highest BCUT2D eigenvalue weighted by molar-refractivity contribution is 6.42. The largest absolute Gasteiger partial charge is 0.466 e. The maximum atomic E-state index is 12.9. The molecule has 0 spiro atoms. The molecule has 0 heterocycles. The summed E-state index contributed by atoms with van der Waals surface area (Å²) in [5.41, 5.74) is 0.127. The predicted octanol–water partition coefficient (Wildman–Crippen LogP) is 4.84. The molecule has 20 heavy (non-hydrogen) atoms. The van der Waals surface area contributed by atoms with Crippen LogP contribution in [0.15, 0.2) is 18.2 Å². The van der Waals surface area contributed by atoms with Crippen LogP contribution in [0.25, 0.3) is 0 Å². The Hall–Kier alpha value is -0.940. The van der Waals surface area contributed by atoms with Crippen molar-refractivity contribution in [3.63, 3.8) is 0 Å². The van der Waals surface area contributed by atoms with Crippen LogP contribution in [-0.2, 0) is 9.53 Å². The summed E-state index contributed by atoms with van der Waals surface area (Å²) in [5, 5.41) is 0.297. The van der Waals surface area contributed by atoms with Gasteiger partial charge in [0.1, 0.15) is 0 Å². The number of hydrogen-bond donors (Lipinski definition) is 0. The molecule has 0 aliphatic heterocycles. The van der Waals surface area contributed by atoms with Gasteiger partial charge in [-0.1, -0.05) is 36.2 Å². The molecule has 0 aromatic heterocycles. The van der Waals surface area contributed by atoms with E-state index in [9.17, 15) is 18.0 Å². The van der Waals surface area contributed by atoms with Gasteiger partial charge in [-0.2, -0.15) is 13.2 Å². The molecule has 0 aliphatic rings. The summed E-state index contributed by atoms with van der Waals surface area (Å²) in [7, 11) is 0. The SMILES string of the molecule is CCOC(=O)C(c1ccc(Cl)c(Cl)c1)[C@@H](C)C(F)(F)F. The van der Waals surface area contributed by atoms with Crippen LogP contribution in [0.5, 0.6) is 0 Å². The molecule has 0 aliphatic carbocycles. The topological polar surface area (TPSA) is 26.3 Å². The van der Waals surface area contributed by atoms with Crippen molar-refractivity contribution in [3.8, 4) is 0 Å². The van der Waals surface area contributed by atoms with E-state index in [1.807, 2.05) is 0 Å². The van der Waals surface area contributed by atoms with E-state index in [1.54, 1.807) is 0 Å². The number of rotatable bonds is 4. The number of halogens is 5.